The van der Waals surface area contributed by atoms with Crippen molar-refractivity contribution in [3.63, 3.8) is 0 Å². The van der Waals surface area contributed by atoms with E-state index in [1.54, 1.807) is 30.3 Å². The number of unbranched alkanes of at least 4 members (excludes halogenated alkanes) is 1. The molecule has 0 aromatic heterocycles. The van der Waals surface area contributed by atoms with Crippen molar-refractivity contribution in [2.45, 2.75) is 45.7 Å². The maximum Gasteiger partial charge on any atom is 0.261 e. The Morgan fingerprint density at radius 1 is 1.10 bits per heavy atom. The third-order valence-corrected chi connectivity index (χ3v) is 6.21. The van der Waals surface area contributed by atoms with Crippen LogP contribution in [0.5, 0.6) is 5.75 Å². The van der Waals surface area contributed by atoms with E-state index in [2.05, 4.69) is 34.8 Å². The third kappa shape index (κ3) is 7.84. The molecule has 2 aromatic carbocycles. The van der Waals surface area contributed by atoms with Crippen LogP contribution < -0.4 is 10.1 Å². The van der Waals surface area contributed by atoms with Crippen LogP contribution >= 0.6 is 45.8 Å². The molecule has 8 heteroatoms. The van der Waals surface area contributed by atoms with Gasteiger partial charge in [0.05, 0.1) is 0 Å². The summed E-state index contributed by atoms with van der Waals surface area (Å²) in [6.07, 6.45) is 2.30. The molecule has 0 heterocycles. The third-order valence-electron chi connectivity index (χ3n) is 4.78. The fraction of sp³-hybridized carbons (Fsp3) is 0.391. The van der Waals surface area contributed by atoms with Gasteiger partial charge in [-0.25, -0.2) is 0 Å². The number of rotatable bonds is 11. The first-order valence-electron chi connectivity index (χ1n) is 10.3. The van der Waals surface area contributed by atoms with Gasteiger partial charge in [0.25, 0.3) is 5.91 Å². The first-order chi connectivity index (χ1) is 14.9. The molecule has 1 atom stereocenters. The average Bonchev–Trinajstić information content (AvgIpc) is 2.75. The molecule has 0 radical (unpaired) electrons. The van der Waals surface area contributed by atoms with Gasteiger partial charge in [0, 0.05) is 32.3 Å². The number of hydrogen-bond acceptors (Lipinski definition) is 3. The maximum atomic E-state index is 13.2. The smallest absolute Gasteiger partial charge is 0.261 e. The molecule has 0 fully saturated rings. The zero-order valence-corrected chi connectivity index (χ0v) is 21.3. The monoisotopic (exact) mass is 576 g/mol. The Morgan fingerprint density at radius 3 is 2.32 bits per heavy atom. The van der Waals surface area contributed by atoms with E-state index in [1.165, 1.54) is 4.90 Å². The highest BCUT2D eigenvalue weighted by Crippen LogP contribution is 2.27. The fourth-order valence-corrected chi connectivity index (χ4v) is 3.91. The normalized spacial score (nSPS) is 11.6. The predicted octanol–water partition coefficient (Wildman–Crippen LogP) is 5.70. The predicted molar refractivity (Wildman–Crippen MR) is 134 cm³/mol. The summed E-state index contributed by atoms with van der Waals surface area (Å²) in [6.45, 7) is 4.42. The number of ether oxygens (including phenoxy) is 1. The molecule has 0 aliphatic rings. The number of halogens is 3. The Hall–Kier alpha value is -1.51. The number of amides is 2. The second-order valence-electron chi connectivity index (χ2n) is 7.03. The first-order valence-corrected chi connectivity index (χ1v) is 12.1. The Labute approximate surface area is 207 Å². The van der Waals surface area contributed by atoms with Crippen molar-refractivity contribution in [2.75, 3.05) is 13.2 Å². The quantitative estimate of drug-likeness (QED) is 0.276. The van der Waals surface area contributed by atoms with Crippen molar-refractivity contribution in [1.82, 2.24) is 10.2 Å². The summed E-state index contributed by atoms with van der Waals surface area (Å²) in [4.78, 5) is 27.5. The summed E-state index contributed by atoms with van der Waals surface area (Å²) in [5, 5.41) is 3.82. The van der Waals surface area contributed by atoms with Crippen LogP contribution in [0.4, 0.5) is 0 Å². The van der Waals surface area contributed by atoms with E-state index in [-0.39, 0.29) is 25.0 Å². The highest BCUT2D eigenvalue weighted by Gasteiger charge is 2.29. The lowest BCUT2D eigenvalue weighted by Gasteiger charge is -2.31. The number of nitrogens with one attached hydrogen (secondary N) is 1. The molecule has 0 saturated carbocycles. The lowest BCUT2D eigenvalue weighted by Crippen LogP contribution is -2.50. The van der Waals surface area contributed by atoms with Gasteiger partial charge in [0.15, 0.2) is 6.61 Å². The lowest BCUT2D eigenvalue weighted by molar-refractivity contribution is -0.143. The summed E-state index contributed by atoms with van der Waals surface area (Å²) in [6, 6.07) is 11.9. The lowest BCUT2D eigenvalue weighted by atomic mass is 10.1. The minimum absolute atomic E-state index is 0.118. The average molecular weight is 577 g/mol. The molecule has 0 aliphatic heterocycles. The minimum Gasteiger partial charge on any atom is -0.484 e. The molecule has 31 heavy (non-hydrogen) atoms. The summed E-state index contributed by atoms with van der Waals surface area (Å²) < 4.78 is 6.75. The van der Waals surface area contributed by atoms with Gasteiger partial charge in [0.2, 0.25) is 5.91 Å². The van der Waals surface area contributed by atoms with Gasteiger partial charge in [-0.3, -0.25) is 9.59 Å². The van der Waals surface area contributed by atoms with Gasteiger partial charge in [0.1, 0.15) is 11.8 Å². The van der Waals surface area contributed by atoms with Crippen LogP contribution in [0, 0.1) is 3.57 Å². The molecular weight excluding hydrogens is 550 g/mol. The molecule has 0 saturated heterocycles. The Kier molecular flexibility index (Phi) is 10.9. The summed E-state index contributed by atoms with van der Waals surface area (Å²) >= 11 is 14.9. The van der Waals surface area contributed by atoms with Crippen LogP contribution in [0.25, 0.3) is 0 Å². The van der Waals surface area contributed by atoms with Crippen molar-refractivity contribution in [2.24, 2.45) is 0 Å². The second kappa shape index (κ2) is 13.1. The van der Waals surface area contributed by atoms with Gasteiger partial charge in [-0.15, -0.1) is 0 Å². The molecule has 5 nitrogen and oxygen atoms in total. The number of carbonyl (C=O) groups excluding carboxylic acids is 2. The first kappa shape index (κ1) is 25.7. The van der Waals surface area contributed by atoms with E-state index in [9.17, 15) is 9.59 Å². The van der Waals surface area contributed by atoms with E-state index in [0.29, 0.717) is 34.3 Å². The largest absolute Gasteiger partial charge is 0.484 e. The van der Waals surface area contributed by atoms with Crippen LogP contribution in [0.1, 0.15) is 38.7 Å². The molecule has 0 bridgehead atoms. The second-order valence-corrected chi connectivity index (χ2v) is 9.09. The number of nitrogens with zero attached hydrogens (tertiary/aromatic N) is 1. The number of benzene rings is 2. The topological polar surface area (TPSA) is 58.6 Å². The molecule has 0 unspecified atom stereocenters. The summed E-state index contributed by atoms with van der Waals surface area (Å²) in [5.74, 6) is 0.0821. The summed E-state index contributed by atoms with van der Waals surface area (Å²) in [5.41, 5.74) is 0.605. The zero-order valence-electron chi connectivity index (χ0n) is 17.7. The van der Waals surface area contributed by atoms with Crippen LogP contribution in [0.2, 0.25) is 10.0 Å². The van der Waals surface area contributed by atoms with Gasteiger partial charge in [-0.1, -0.05) is 49.5 Å². The van der Waals surface area contributed by atoms with E-state index in [1.807, 2.05) is 19.1 Å². The fourth-order valence-electron chi connectivity index (χ4n) is 3.04. The summed E-state index contributed by atoms with van der Waals surface area (Å²) in [7, 11) is 0. The Bertz CT molecular complexity index is 857. The van der Waals surface area contributed by atoms with Gasteiger partial charge in [-0.2, -0.15) is 0 Å². The van der Waals surface area contributed by atoms with E-state index in [4.69, 9.17) is 27.9 Å². The van der Waals surface area contributed by atoms with E-state index < -0.39 is 6.04 Å². The van der Waals surface area contributed by atoms with Crippen LogP contribution in [0.15, 0.2) is 42.5 Å². The van der Waals surface area contributed by atoms with Crippen molar-refractivity contribution in [3.05, 3.63) is 61.6 Å². The highest BCUT2D eigenvalue weighted by molar-refractivity contribution is 14.1. The van der Waals surface area contributed by atoms with Gasteiger partial charge in [-0.05, 0) is 71.8 Å². The molecule has 2 amide bonds. The molecule has 0 aliphatic carbocycles. The molecular formula is C23H27Cl2IN2O3. The standard InChI is InChI=1S/C23H27Cl2IN2O3/c1-3-5-13-27-23(30)21(4-2)28(14-18-19(24)7-6-8-20(18)25)22(29)15-31-17-11-9-16(26)10-12-17/h6-12,21H,3-5,13-15H2,1-2H3,(H,27,30)/t21-/m0/s1. The highest BCUT2D eigenvalue weighted by atomic mass is 127. The molecule has 2 rings (SSSR count). The van der Waals surface area contributed by atoms with Crippen LogP contribution in [-0.4, -0.2) is 35.9 Å². The number of hydrogen-bond donors (Lipinski definition) is 1. The van der Waals surface area contributed by atoms with Crippen molar-refractivity contribution in [1.29, 1.82) is 0 Å². The van der Waals surface area contributed by atoms with E-state index >= 15 is 0 Å². The molecule has 168 valence electrons. The van der Waals surface area contributed by atoms with Crippen molar-refractivity contribution >= 4 is 57.6 Å². The van der Waals surface area contributed by atoms with Crippen molar-refractivity contribution < 1.29 is 14.3 Å². The Morgan fingerprint density at radius 2 is 1.74 bits per heavy atom. The Balaban J connectivity index is 2.23. The number of carbonyl (C=O) groups is 2. The zero-order chi connectivity index (χ0) is 22.8. The van der Waals surface area contributed by atoms with Gasteiger partial charge < -0.3 is 15.0 Å². The van der Waals surface area contributed by atoms with Gasteiger partial charge >= 0.3 is 0 Å². The maximum absolute atomic E-state index is 13.2. The minimum atomic E-state index is -0.656. The van der Waals surface area contributed by atoms with Crippen molar-refractivity contribution in [3.8, 4) is 5.75 Å². The van der Waals surface area contributed by atoms with Crippen LogP contribution in [-0.2, 0) is 16.1 Å². The van der Waals surface area contributed by atoms with Crippen LogP contribution in [0.3, 0.4) is 0 Å². The molecule has 2 aromatic rings. The van der Waals surface area contributed by atoms with E-state index in [0.717, 1.165) is 16.4 Å². The molecule has 1 N–H and O–H groups in total. The SMILES string of the molecule is CCCCNC(=O)[C@H](CC)N(Cc1c(Cl)cccc1Cl)C(=O)COc1ccc(I)cc1. The molecule has 0 spiro atoms.